The Bertz CT molecular complexity index is 1330. The third-order valence-electron chi connectivity index (χ3n) is 4.63. The summed E-state index contributed by atoms with van der Waals surface area (Å²) >= 11 is 1.03. The van der Waals surface area contributed by atoms with Crippen LogP contribution < -0.4 is 21.5 Å². The Labute approximate surface area is 175 Å². The molecule has 4 rings (SSSR count). The summed E-state index contributed by atoms with van der Waals surface area (Å²) in [5.41, 5.74) is 1.58. The third-order valence-corrected chi connectivity index (χ3v) is 5.68. The van der Waals surface area contributed by atoms with E-state index in [-0.39, 0.29) is 16.8 Å². The number of fused-ring (bicyclic) bond motifs is 3. The largest absolute Gasteiger partial charge is 0.495 e. The van der Waals surface area contributed by atoms with E-state index in [0.29, 0.717) is 17.0 Å². The van der Waals surface area contributed by atoms with E-state index in [4.69, 9.17) is 15.0 Å². The first-order valence-corrected chi connectivity index (χ1v) is 9.95. The van der Waals surface area contributed by atoms with Crippen molar-refractivity contribution in [2.24, 2.45) is 0 Å². The Morgan fingerprint density at radius 3 is 2.77 bits per heavy atom. The van der Waals surface area contributed by atoms with E-state index in [9.17, 15) is 9.59 Å². The number of hydrogen-bond acceptors (Lipinski definition) is 8. The Balaban J connectivity index is 1.61. The number of ether oxygens (including phenoxy) is 1. The lowest BCUT2D eigenvalue weighted by atomic mass is 10.1. The van der Waals surface area contributed by atoms with Crippen LogP contribution in [0.5, 0.6) is 5.75 Å². The highest BCUT2D eigenvalue weighted by Gasteiger charge is 2.21. The molecule has 1 atom stereocenters. The van der Waals surface area contributed by atoms with E-state index in [1.807, 2.05) is 30.3 Å². The van der Waals surface area contributed by atoms with Crippen LogP contribution in [0.15, 0.2) is 50.8 Å². The molecule has 0 bridgehead atoms. The van der Waals surface area contributed by atoms with Crippen LogP contribution in [0.1, 0.15) is 12.6 Å². The summed E-state index contributed by atoms with van der Waals surface area (Å²) in [7, 11) is 1.53. The number of nitrogen functional groups attached to an aromatic ring is 1. The molecule has 0 aliphatic rings. The second-order valence-corrected chi connectivity index (χ2v) is 7.95. The predicted molar refractivity (Wildman–Crippen MR) is 115 cm³/mol. The minimum absolute atomic E-state index is 0.146. The van der Waals surface area contributed by atoms with Crippen LogP contribution in [-0.4, -0.2) is 33.1 Å². The molecule has 4 aromatic rings. The highest BCUT2D eigenvalue weighted by molar-refractivity contribution is 8.00. The number of rotatable bonds is 5. The van der Waals surface area contributed by atoms with Crippen molar-refractivity contribution in [3.63, 3.8) is 0 Å². The molecule has 0 unspecified atom stereocenters. The maximum Gasteiger partial charge on any atom is 0.294 e. The molecule has 9 nitrogen and oxygen atoms in total. The molecule has 30 heavy (non-hydrogen) atoms. The summed E-state index contributed by atoms with van der Waals surface area (Å²) in [6.45, 7) is 3.20. The van der Waals surface area contributed by atoms with E-state index in [1.54, 1.807) is 13.0 Å². The molecule has 0 aliphatic heterocycles. The zero-order chi connectivity index (χ0) is 21.4. The fraction of sp³-hybridized carbons (Fsp3) is 0.200. The first kappa shape index (κ1) is 19.8. The fourth-order valence-electron chi connectivity index (χ4n) is 3.01. The number of aryl methyl sites for hydroxylation is 1. The van der Waals surface area contributed by atoms with Crippen molar-refractivity contribution in [1.29, 1.82) is 0 Å². The predicted octanol–water partition coefficient (Wildman–Crippen LogP) is 2.69. The number of thioether (sulfide) groups is 1. The maximum atomic E-state index is 12.8. The van der Waals surface area contributed by atoms with Gasteiger partial charge in [0, 0.05) is 16.8 Å². The molecule has 2 aromatic heterocycles. The van der Waals surface area contributed by atoms with Gasteiger partial charge in [-0.05, 0) is 26.0 Å². The van der Waals surface area contributed by atoms with Crippen molar-refractivity contribution in [2.75, 3.05) is 18.3 Å². The Morgan fingerprint density at radius 2 is 2.00 bits per heavy atom. The minimum atomic E-state index is -0.604. The monoisotopic (exact) mass is 425 g/mol. The van der Waals surface area contributed by atoms with Crippen LogP contribution in [0.3, 0.4) is 0 Å². The van der Waals surface area contributed by atoms with Crippen molar-refractivity contribution in [3.05, 3.63) is 52.4 Å². The summed E-state index contributed by atoms with van der Waals surface area (Å²) in [6, 6.07) is 11.2. The Hall–Kier alpha value is -3.53. The average Bonchev–Trinajstić information content (AvgIpc) is 3.10. The molecule has 1 amide bonds. The summed E-state index contributed by atoms with van der Waals surface area (Å²) in [6.07, 6.45) is 0. The first-order valence-electron chi connectivity index (χ1n) is 9.07. The van der Waals surface area contributed by atoms with Crippen molar-refractivity contribution >= 4 is 45.3 Å². The molecule has 0 saturated heterocycles. The number of carbonyl (C=O) groups is 1. The topological polar surface area (TPSA) is 125 Å². The summed E-state index contributed by atoms with van der Waals surface area (Å²) < 4.78 is 12.2. The van der Waals surface area contributed by atoms with Gasteiger partial charge in [-0.2, -0.15) is 4.68 Å². The number of nitrogens with zero attached hydrogens (tertiary/aromatic N) is 3. The summed E-state index contributed by atoms with van der Waals surface area (Å²) in [5, 5.41) is 11.9. The van der Waals surface area contributed by atoms with E-state index >= 15 is 0 Å². The Morgan fingerprint density at radius 1 is 1.23 bits per heavy atom. The van der Waals surface area contributed by atoms with Crippen LogP contribution >= 0.6 is 11.8 Å². The molecule has 0 radical (unpaired) electrons. The number of hydrogen-bond donors (Lipinski definition) is 2. The van der Waals surface area contributed by atoms with E-state index in [0.717, 1.165) is 32.8 Å². The molecule has 0 fully saturated rings. The van der Waals surface area contributed by atoms with Crippen LogP contribution in [0, 0.1) is 6.92 Å². The summed E-state index contributed by atoms with van der Waals surface area (Å²) in [4.78, 5) is 24.7. The number of nitrogens with two attached hydrogens (primary N) is 1. The quantitative estimate of drug-likeness (QED) is 0.369. The average molecular weight is 425 g/mol. The smallest absolute Gasteiger partial charge is 0.294 e. The van der Waals surface area contributed by atoms with Gasteiger partial charge in [0.15, 0.2) is 0 Å². The number of carbonyl (C=O) groups excluding carboxylic acids is 1. The molecule has 0 aliphatic carbocycles. The highest BCUT2D eigenvalue weighted by atomic mass is 32.2. The molecular formula is C20H19N5O4S. The maximum absolute atomic E-state index is 12.8. The molecular weight excluding hydrogens is 406 g/mol. The van der Waals surface area contributed by atoms with Crippen molar-refractivity contribution < 1.29 is 13.9 Å². The zero-order valence-corrected chi connectivity index (χ0v) is 17.3. The zero-order valence-electron chi connectivity index (χ0n) is 16.5. The molecule has 10 heteroatoms. The van der Waals surface area contributed by atoms with Gasteiger partial charge < -0.3 is 20.3 Å². The molecule has 154 valence electrons. The minimum Gasteiger partial charge on any atom is -0.495 e. The SMILES string of the molecule is COc1cc2c(cc1NC(=O)[C@H](C)Sc1nnc(C)c(=O)n1N)oc1ccccc12. The normalized spacial score (nSPS) is 12.2. The third kappa shape index (κ3) is 3.45. The van der Waals surface area contributed by atoms with Crippen LogP contribution in [0.25, 0.3) is 21.9 Å². The number of anilines is 1. The lowest BCUT2D eigenvalue weighted by Gasteiger charge is -2.14. The van der Waals surface area contributed by atoms with Crippen LogP contribution in [-0.2, 0) is 4.79 Å². The number of nitrogens with one attached hydrogen (secondary N) is 1. The molecule has 3 N–H and O–H groups in total. The standard InChI is InChI=1S/C20H19N5O4S/c1-10-19(27)25(21)20(24-23-10)30-11(2)18(26)22-14-9-16-13(8-17(14)28-3)12-6-4-5-7-15(12)29-16/h4-9,11H,21H2,1-3H3,(H,22,26)/t11-/m0/s1. The van der Waals surface area contributed by atoms with Crippen LogP contribution in [0.4, 0.5) is 5.69 Å². The van der Waals surface area contributed by atoms with Gasteiger partial charge in [-0.25, -0.2) is 0 Å². The van der Waals surface area contributed by atoms with Gasteiger partial charge in [-0.15, -0.1) is 10.2 Å². The van der Waals surface area contributed by atoms with Gasteiger partial charge in [0.1, 0.15) is 22.6 Å². The van der Waals surface area contributed by atoms with Gasteiger partial charge in [-0.1, -0.05) is 30.0 Å². The van der Waals surface area contributed by atoms with E-state index in [1.165, 1.54) is 14.0 Å². The van der Waals surface area contributed by atoms with Gasteiger partial charge in [-0.3, -0.25) is 9.59 Å². The highest BCUT2D eigenvalue weighted by Crippen LogP contribution is 2.36. The second-order valence-electron chi connectivity index (χ2n) is 6.64. The van der Waals surface area contributed by atoms with Gasteiger partial charge >= 0.3 is 0 Å². The number of benzene rings is 2. The van der Waals surface area contributed by atoms with E-state index in [2.05, 4.69) is 15.5 Å². The van der Waals surface area contributed by atoms with Crippen molar-refractivity contribution in [3.8, 4) is 5.75 Å². The molecule has 2 aromatic carbocycles. The number of methoxy groups -OCH3 is 1. The van der Waals surface area contributed by atoms with Gasteiger partial charge in [0.05, 0.1) is 18.0 Å². The van der Waals surface area contributed by atoms with Gasteiger partial charge in [0.25, 0.3) is 5.56 Å². The lowest BCUT2D eigenvalue weighted by molar-refractivity contribution is -0.115. The number of para-hydroxylation sites is 1. The van der Waals surface area contributed by atoms with Crippen molar-refractivity contribution in [1.82, 2.24) is 14.9 Å². The number of furan rings is 1. The molecule has 0 saturated carbocycles. The van der Waals surface area contributed by atoms with Crippen molar-refractivity contribution in [2.45, 2.75) is 24.3 Å². The number of aromatic nitrogens is 3. The van der Waals surface area contributed by atoms with Gasteiger partial charge in [0.2, 0.25) is 11.1 Å². The summed E-state index contributed by atoms with van der Waals surface area (Å²) in [5.74, 6) is 5.93. The van der Waals surface area contributed by atoms with Crippen LogP contribution in [0.2, 0.25) is 0 Å². The lowest BCUT2D eigenvalue weighted by Crippen LogP contribution is -2.33. The van der Waals surface area contributed by atoms with E-state index < -0.39 is 10.8 Å². The fourth-order valence-corrected chi connectivity index (χ4v) is 3.78. The molecule has 0 spiro atoms. The molecule has 2 heterocycles. The second kappa shape index (κ2) is 7.71. The first-order chi connectivity index (χ1) is 14.4. The Kier molecular flexibility index (Phi) is 5.08. The number of amides is 1.